The zero-order valence-corrected chi connectivity index (χ0v) is 15.5. The fourth-order valence-electron chi connectivity index (χ4n) is 3.19. The molecule has 0 radical (unpaired) electrons. The molecule has 5 heteroatoms. The molecule has 1 aromatic rings. The van der Waals surface area contributed by atoms with Crippen molar-refractivity contribution < 1.29 is 18.8 Å². The minimum atomic E-state index is -0.366. The number of hydrogen-bond acceptors (Lipinski definition) is 4. The van der Waals surface area contributed by atoms with E-state index in [1.54, 1.807) is 0 Å². The van der Waals surface area contributed by atoms with Gasteiger partial charge in [0.1, 0.15) is 0 Å². The summed E-state index contributed by atoms with van der Waals surface area (Å²) in [6.07, 6.45) is 0.866. The van der Waals surface area contributed by atoms with Gasteiger partial charge < -0.3 is 14.0 Å². The molecule has 0 aromatic heterocycles. The molecular formula is C19H27BO4. The second kappa shape index (κ2) is 5.89. The Morgan fingerprint density at radius 2 is 1.88 bits per heavy atom. The molecule has 0 N–H and O–H groups in total. The minimum absolute atomic E-state index is 0.00111. The largest absolute Gasteiger partial charge is 0.495 e. The summed E-state index contributed by atoms with van der Waals surface area (Å²) in [6, 6.07) is 6.34. The van der Waals surface area contributed by atoms with E-state index in [9.17, 15) is 4.79 Å². The van der Waals surface area contributed by atoms with E-state index >= 15 is 0 Å². The summed E-state index contributed by atoms with van der Waals surface area (Å²) in [5.74, 6) is 0.171. The predicted octanol–water partition coefficient (Wildman–Crippen LogP) is 2.96. The molecule has 1 aliphatic carbocycles. The van der Waals surface area contributed by atoms with Gasteiger partial charge in [-0.2, -0.15) is 0 Å². The van der Waals surface area contributed by atoms with Crippen molar-refractivity contribution in [3.63, 3.8) is 0 Å². The van der Waals surface area contributed by atoms with Crippen LogP contribution in [0, 0.1) is 12.8 Å². The van der Waals surface area contributed by atoms with Crippen LogP contribution >= 0.6 is 0 Å². The highest BCUT2D eigenvalue weighted by molar-refractivity contribution is 6.62. The smallest absolute Gasteiger partial charge is 0.466 e. The standard InChI is InChI=1S/C19H27BO4/c1-7-22-17(21)15-11-14(15)13-9-8-12(2)16(10-13)20-23-18(3,4)19(5,6)24-20/h8-10,14-15H,7,11H2,1-6H3/t14-,15+/m1/s1. The first-order valence-electron chi connectivity index (χ1n) is 8.79. The van der Waals surface area contributed by atoms with Gasteiger partial charge in [-0.15, -0.1) is 0 Å². The van der Waals surface area contributed by atoms with Crippen molar-refractivity contribution in [2.45, 2.75) is 65.1 Å². The van der Waals surface area contributed by atoms with Crippen LogP contribution in [0.3, 0.4) is 0 Å². The summed E-state index contributed by atoms with van der Waals surface area (Å²) >= 11 is 0. The van der Waals surface area contributed by atoms with Crippen molar-refractivity contribution in [2.24, 2.45) is 5.92 Å². The number of hydrogen-bond donors (Lipinski definition) is 0. The number of carbonyl (C=O) groups excluding carboxylic acids is 1. The van der Waals surface area contributed by atoms with Gasteiger partial charge in [-0.1, -0.05) is 23.8 Å². The number of carbonyl (C=O) groups is 1. The number of rotatable bonds is 4. The monoisotopic (exact) mass is 330 g/mol. The van der Waals surface area contributed by atoms with E-state index in [1.807, 2.05) is 6.92 Å². The first kappa shape index (κ1) is 17.5. The van der Waals surface area contributed by atoms with E-state index in [2.05, 4.69) is 52.8 Å². The minimum Gasteiger partial charge on any atom is -0.466 e. The van der Waals surface area contributed by atoms with Crippen LogP contribution in [0.2, 0.25) is 0 Å². The van der Waals surface area contributed by atoms with Crippen molar-refractivity contribution >= 4 is 18.6 Å². The molecule has 0 spiro atoms. The highest BCUT2D eigenvalue weighted by Gasteiger charge is 2.52. The first-order valence-corrected chi connectivity index (χ1v) is 8.79. The number of esters is 1. The highest BCUT2D eigenvalue weighted by atomic mass is 16.7. The summed E-state index contributed by atoms with van der Waals surface area (Å²) in [7, 11) is -0.366. The van der Waals surface area contributed by atoms with Gasteiger partial charge in [0.05, 0.1) is 23.7 Å². The van der Waals surface area contributed by atoms with Crippen LogP contribution in [0.5, 0.6) is 0 Å². The van der Waals surface area contributed by atoms with E-state index in [0.717, 1.165) is 17.4 Å². The normalized spacial score (nSPS) is 27.2. The number of aryl methyl sites for hydroxylation is 1. The molecule has 0 amide bonds. The lowest BCUT2D eigenvalue weighted by molar-refractivity contribution is -0.144. The zero-order valence-electron chi connectivity index (χ0n) is 15.5. The molecule has 0 bridgehead atoms. The molecule has 24 heavy (non-hydrogen) atoms. The Hall–Kier alpha value is -1.33. The maximum atomic E-state index is 11.9. The third-order valence-corrected chi connectivity index (χ3v) is 5.62. The molecule has 1 heterocycles. The second-order valence-corrected chi connectivity index (χ2v) is 7.91. The molecule has 1 aliphatic heterocycles. The van der Waals surface area contributed by atoms with Crippen LogP contribution in [0.15, 0.2) is 18.2 Å². The molecule has 2 atom stereocenters. The maximum absolute atomic E-state index is 11.9. The predicted molar refractivity (Wildman–Crippen MR) is 94.4 cm³/mol. The van der Waals surface area contributed by atoms with Crippen molar-refractivity contribution in [2.75, 3.05) is 6.61 Å². The van der Waals surface area contributed by atoms with E-state index in [4.69, 9.17) is 14.0 Å². The second-order valence-electron chi connectivity index (χ2n) is 7.91. The van der Waals surface area contributed by atoms with E-state index in [0.29, 0.717) is 6.61 Å². The fourth-order valence-corrected chi connectivity index (χ4v) is 3.19. The number of benzene rings is 1. The summed E-state index contributed by atoms with van der Waals surface area (Å²) in [5, 5.41) is 0. The molecule has 2 fully saturated rings. The van der Waals surface area contributed by atoms with Crippen LogP contribution < -0.4 is 5.46 Å². The van der Waals surface area contributed by atoms with Crippen molar-refractivity contribution in [3.05, 3.63) is 29.3 Å². The summed E-state index contributed by atoms with van der Waals surface area (Å²) in [6.45, 7) is 12.6. The molecule has 1 aromatic carbocycles. The maximum Gasteiger partial charge on any atom is 0.495 e. The van der Waals surface area contributed by atoms with Crippen molar-refractivity contribution in [1.82, 2.24) is 0 Å². The van der Waals surface area contributed by atoms with Gasteiger partial charge in [0, 0.05) is 0 Å². The molecule has 130 valence electrons. The third kappa shape index (κ3) is 3.00. The molecule has 1 saturated heterocycles. The van der Waals surface area contributed by atoms with Crippen molar-refractivity contribution in [1.29, 1.82) is 0 Å². The van der Waals surface area contributed by atoms with E-state index < -0.39 is 0 Å². The lowest BCUT2D eigenvalue weighted by atomic mass is 9.75. The fraction of sp³-hybridized carbons (Fsp3) is 0.632. The van der Waals surface area contributed by atoms with Gasteiger partial charge in [0.25, 0.3) is 0 Å². The van der Waals surface area contributed by atoms with Gasteiger partial charge in [0.15, 0.2) is 0 Å². The van der Waals surface area contributed by atoms with Crippen LogP contribution in [-0.2, 0) is 18.8 Å². The Morgan fingerprint density at radius 1 is 1.25 bits per heavy atom. The molecular weight excluding hydrogens is 303 g/mol. The van der Waals surface area contributed by atoms with Gasteiger partial charge in [-0.3, -0.25) is 4.79 Å². The summed E-state index contributed by atoms with van der Waals surface area (Å²) < 4.78 is 17.5. The Morgan fingerprint density at radius 3 is 2.46 bits per heavy atom. The van der Waals surface area contributed by atoms with Gasteiger partial charge in [-0.05, 0) is 64.9 Å². The SMILES string of the molecule is CCOC(=O)[C@H]1C[C@@H]1c1ccc(C)c(B2OC(C)(C)C(C)(C)O2)c1. The topological polar surface area (TPSA) is 44.8 Å². The van der Waals surface area contributed by atoms with Gasteiger partial charge >= 0.3 is 13.1 Å². The lowest BCUT2D eigenvalue weighted by Gasteiger charge is -2.32. The quantitative estimate of drug-likeness (QED) is 0.629. The average Bonchev–Trinajstić information content (AvgIpc) is 3.23. The Balaban J connectivity index is 1.81. The molecule has 2 aliphatic rings. The van der Waals surface area contributed by atoms with Gasteiger partial charge in [-0.25, -0.2) is 0 Å². The molecule has 0 unspecified atom stereocenters. The summed E-state index contributed by atoms with van der Waals surface area (Å²) in [5.41, 5.74) is 2.66. The number of ether oxygens (including phenoxy) is 1. The molecule has 1 saturated carbocycles. The van der Waals surface area contributed by atoms with E-state index in [-0.39, 0.29) is 36.1 Å². The van der Waals surface area contributed by atoms with Gasteiger partial charge in [0.2, 0.25) is 0 Å². The Bertz CT molecular complexity index is 637. The lowest BCUT2D eigenvalue weighted by Crippen LogP contribution is -2.41. The molecule has 3 rings (SSSR count). The van der Waals surface area contributed by atoms with Crippen LogP contribution in [-0.4, -0.2) is 30.9 Å². The highest BCUT2D eigenvalue weighted by Crippen LogP contribution is 2.48. The molecule has 4 nitrogen and oxygen atoms in total. The van der Waals surface area contributed by atoms with Crippen LogP contribution in [0.4, 0.5) is 0 Å². The first-order chi connectivity index (χ1) is 11.2. The summed E-state index contributed by atoms with van der Waals surface area (Å²) in [4.78, 5) is 11.9. The average molecular weight is 330 g/mol. The van der Waals surface area contributed by atoms with Crippen LogP contribution in [0.1, 0.15) is 58.1 Å². The third-order valence-electron chi connectivity index (χ3n) is 5.62. The Labute approximate surface area is 145 Å². The zero-order chi connectivity index (χ0) is 17.7. The Kier molecular flexibility index (Phi) is 4.29. The van der Waals surface area contributed by atoms with E-state index in [1.165, 1.54) is 5.56 Å². The van der Waals surface area contributed by atoms with Crippen LogP contribution in [0.25, 0.3) is 0 Å². The van der Waals surface area contributed by atoms with Crippen molar-refractivity contribution in [3.8, 4) is 0 Å².